The molecule has 0 amide bonds. The molecule has 78 valence electrons. The van der Waals surface area contributed by atoms with Gasteiger partial charge in [0.1, 0.15) is 5.78 Å². The maximum atomic E-state index is 11.2. The summed E-state index contributed by atoms with van der Waals surface area (Å²) >= 11 is 0. The number of rotatable bonds is 2. The highest BCUT2D eigenvalue weighted by Crippen LogP contribution is 2.30. The second-order valence-electron chi connectivity index (χ2n) is 3.21. The third-order valence-electron chi connectivity index (χ3n) is 2.39. The summed E-state index contributed by atoms with van der Waals surface area (Å²) in [6, 6.07) is 0. The molecule has 0 aromatic rings. The fourth-order valence-corrected chi connectivity index (χ4v) is 1.66. The number of methoxy groups -OCH3 is 2. The Labute approximate surface area is 81.4 Å². The van der Waals surface area contributed by atoms with Crippen LogP contribution >= 0.6 is 0 Å². The minimum absolute atomic E-state index is 0.0758. The van der Waals surface area contributed by atoms with E-state index in [1.165, 1.54) is 14.2 Å². The van der Waals surface area contributed by atoms with Crippen molar-refractivity contribution in [3.05, 3.63) is 0 Å². The number of ether oxygens (including phenoxy) is 2. The Morgan fingerprint density at radius 2 is 1.43 bits per heavy atom. The van der Waals surface area contributed by atoms with Crippen LogP contribution < -0.4 is 0 Å². The molecule has 0 bridgehead atoms. The molecule has 0 aliphatic heterocycles. The van der Waals surface area contributed by atoms with Crippen molar-refractivity contribution in [3.63, 3.8) is 0 Å². The fraction of sp³-hybridized carbons (Fsp3) is 0.667. The third-order valence-corrected chi connectivity index (χ3v) is 2.39. The molecular formula is C9H12O5. The van der Waals surface area contributed by atoms with Gasteiger partial charge < -0.3 is 9.47 Å². The smallest absolute Gasteiger partial charge is 0.309 e. The normalized spacial score (nSPS) is 26.0. The van der Waals surface area contributed by atoms with E-state index < -0.39 is 23.8 Å². The molecule has 0 aromatic heterocycles. The van der Waals surface area contributed by atoms with Gasteiger partial charge in [-0.25, -0.2) is 0 Å². The van der Waals surface area contributed by atoms with Crippen LogP contribution in [0.15, 0.2) is 0 Å². The molecule has 1 aliphatic rings. The third kappa shape index (κ3) is 1.92. The predicted octanol–water partition coefficient (Wildman–Crippen LogP) is -0.0723. The quantitative estimate of drug-likeness (QED) is 0.583. The Hall–Kier alpha value is -1.39. The first-order valence-electron chi connectivity index (χ1n) is 4.27. The van der Waals surface area contributed by atoms with E-state index in [9.17, 15) is 14.4 Å². The lowest BCUT2D eigenvalue weighted by Crippen LogP contribution is -2.27. The summed E-state index contributed by atoms with van der Waals surface area (Å²) in [4.78, 5) is 33.5. The van der Waals surface area contributed by atoms with Crippen molar-refractivity contribution in [2.24, 2.45) is 11.8 Å². The minimum atomic E-state index is -0.667. The van der Waals surface area contributed by atoms with E-state index in [-0.39, 0.29) is 18.6 Å². The zero-order valence-corrected chi connectivity index (χ0v) is 8.11. The maximum Gasteiger partial charge on any atom is 0.309 e. The van der Waals surface area contributed by atoms with Gasteiger partial charge in [0.15, 0.2) is 0 Å². The Bertz CT molecular complexity index is 244. The molecule has 1 rings (SSSR count). The van der Waals surface area contributed by atoms with Crippen molar-refractivity contribution < 1.29 is 23.9 Å². The number of carbonyl (C=O) groups excluding carboxylic acids is 3. The number of esters is 2. The summed E-state index contributed by atoms with van der Waals surface area (Å²) < 4.78 is 9.02. The van der Waals surface area contributed by atoms with Crippen LogP contribution in [0.25, 0.3) is 0 Å². The molecule has 0 heterocycles. The standard InChI is InChI=1S/C9H12O5/c1-13-8(11)6-3-5(10)4-7(6)9(12)14-2/h6-7H,3-4H2,1-2H3/t6-,7+. The van der Waals surface area contributed by atoms with Crippen LogP contribution in [0, 0.1) is 11.8 Å². The summed E-state index contributed by atoms with van der Waals surface area (Å²) in [5.41, 5.74) is 0. The van der Waals surface area contributed by atoms with Crippen molar-refractivity contribution in [2.45, 2.75) is 12.8 Å². The van der Waals surface area contributed by atoms with Gasteiger partial charge in [-0.05, 0) is 0 Å². The van der Waals surface area contributed by atoms with Crippen molar-refractivity contribution in [3.8, 4) is 0 Å². The number of carbonyl (C=O) groups is 3. The Morgan fingerprint density at radius 1 is 1.07 bits per heavy atom. The van der Waals surface area contributed by atoms with Gasteiger partial charge in [-0.2, -0.15) is 0 Å². The highest BCUT2D eigenvalue weighted by Gasteiger charge is 2.43. The van der Waals surface area contributed by atoms with E-state index in [1.807, 2.05) is 0 Å². The number of ketones is 1. The largest absolute Gasteiger partial charge is 0.469 e. The number of Topliss-reactive ketones (excluding diaryl/α,β-unsaturated/α-hetero) is 1. The zero-order valence-electron chi connectivity index (χ0n) is 8.11. The molecule has 0 radical (unpaired) electrons. The van der Waals surface area contributed by atoms with Crippen LogP contribution in [-0.2, 0) is 23.9 Å². The summed E-state index contributed by atoms with van der Waals surface area (Å²) in [6.07, 6.45) is 0.152. The molecule has 0 unspecified atom stereocenters. The van der Waals surface area contributed by atoms with Crippen LogP contribution in [0.2, 0.25) is 0 Å². The van der Waals surface area contributed by atoms with Gasteiger partial charge in [-0.15, -0.1) is 0 Å². The number of hydrogen-bond acceptors (Lipinski definition) is 5. The van der Waals surface area contributed by atoms with Crippen LogP contribution in [0.1, 0.15) is 12.8 Å². The lowest BCUT2D eigenvalue weighted by atomic mass is 9.96. The Kier molecular flexibility index (Phi) is 3.22. The van der Waals surface area contributed by atoms with E-state index in [0.29, 0.717) is 0 Å². The molecule has 14 heavy (non-hydrogen) atoms. The molecule has 1 saturated carbocycles. The minimum Gasteiger partial charge on any atom is -0.469 e. The average molecular weight is 200 g/mol. The monoisotopic (exact) mass is 200 g/mol. The van der Waals surface area contributed by atoms with Gasteiger partial charge in [0.25, 0.3) is 0 Å². The summed E-state index contributed by atoms with van der Waals surface area (Å²) in [7, 11) is 2.47. The van der Waals surface area contributed by atoms with Crippen molar-refractivity contribution in [1.82, 2.24) is 0 Å². The summed E-state index contributed by atoms with van der Waals surface area (Å²) in [6.45, 7) is 0. The maximum absolute atomic E-state index is 11.2. The second kappa shape index (κ2) is 4.21. The zero-order chi connectivity index (χ0) is 10.7. The van der Waals surface area contributed by atoms with Gasteiger partial charge in [-0.1, -0.05) is 0 Å². The number of hydrogen-bond donors (Lipinski definition) is 0. The summed E-state index contributed by atoms with van der Waals surface area (Å²) in [5.74, 6) is -2.48. The van der Waals surface area contributed by atoms with E-state index >= 15 is 0 Å². The van der Waals surface area contributed by atoms with Gasteiger partial charge in [-0.3, -0.25) is 14.4 Å². The highest BCUT2D eigenvalue weighted by molar-refractivity contribution is 5.95. The van der Waals surface area contributed by atoms with Crippen LogP contribution in [0.5, 0.6) is 0 Å². The molecule has 5 nitrogen and oxygen atoms in total. The predicted molar refractivity (Wildman–Crippen MR) is 45.3 cm³/mol. The van der Waals surface area contributed by atoms with E-state index in [2.05, 4.69) is 9.47 Å². The molecule has 0 N–H and O–H groups in total. The molecule has 1 fully saturated rings. The van der Waals surface area contributed by atoms with Crippen molar-refractivity contribution >= 4 is 17.7 Å². The van der Waals surface area contributed by atoms with Crippen LogP contribution in [-0.4, -0.2) is 31.9 Å². The van der Waals surface area contributed by atoms with Crippen molar-refractivity contribution in [2.75, 3.05) is 14.2 Å². The Balaban J connectivity index is 2.77. The molecule has 2 atom stereocenters. The van der Waals surface area contributed by atoms with Gasteiger partial charge in [0.2, 0.25) is 0 Å². The summed E-state index contributed by atoms with van der Waals surface area (Å²) in [5, 5.41) is 0. The molecule has 0 saturated heterocycles. The van der Waals surface area contributed by atoms with E-state index in [0.717, 1.165) is 0 Å². The molecule has 1 aliphatic carbocycles. The first kappa shape index (κ1) is 10.7. The highest BCUT2D eigenvalue weighted by atomic mass is 16.5. The van der Waals surface area contributed by atoms with Gasteiger partial charge in [0.05, 0.1) is 26.1 Å². The fourth-order valence-electron chi connectivity index (χ4n) is 1.66. The van der Waals surface area contributed by atoms with Gasteiger partial charge >= 0.3 is 11.9 Å². The van der Waals surface area contributed by atoms with Gasteiger partial charge in [0, 0.05) is 12.8 Å². The first-order chi connectivity index (χ1) is 6.60. The van der Waals surface area contributed by atoms with E-state index in [4.69, 9.17) is 0 Å². The Morgan fingerprint density at radius 3 is 1.71 bits per heavy atom. The molecule has 0 aromatic carbocycles. The molecule has 0 spiro atoms. The SMILES string of the molecule is COC(=O)[C@H]1CC(=O)C[C@H]1C(=O)OC. The van der Waals surface area contributed by atoms with Crippen LogP contribution in [0.3, 0.4) is 0 Å². The van der Waals surface area contributed by atoms with E-state index in [1.54, 1.807) is 0 Å². The lowest BCUT2D eigenvalue weighted by Gasteiger charge is -2.13. The first-order valence-corrected chi connectivity index (χ1v) is 4.27. The molecule has 5 heteroatoms. The van der Waals surface area contributed by atoms with Crippen molar-refractivity contribution in [1.29, 1.82) is 0 Å². The second-order valence-corrected chi connectivity index (χ2v) is 3.21. The average Bonchev–Trinajstić information content (AvgIpc) is 2.58. The topological polar surface area (TPSA) is 69.7 Å². The lowest BCUT2D eigenvalue weighted by molar-refractivity contribution is -0.156. The van der Waals surface area contributed by atoms with Crippen LogP contribution in [0.4, 0.5) is 0 Å². The molecular weight excluding hydrogens is 188 g/mol.